The summed E-state index contributed by atoms with van der Waals surface area (Å²) in [6, 6.07) is 18.5. The highest BCUT2D eigenvalue weighted by Crippen LogP contribution is 2.34. The SMILES string of the molecule is N#CC(C#N)=C(c1ccc(C2=C/C=C\CC/C=C\2)cc1)c1cccc2c1C=CCC2. The summed E-state index contributed by atoms with van der Waals surface area (Å²) >= 11 is 0. The maximum Gasteiger partial charge on any atom is 0.138 e. The summed E-state index contributed by atoms with van der Waals surface area (Å²) in [7, 11) is 0. The molecule has 2 nitrogen and oxygen atoms in total. The van der Waals surface area contributed by atoms with Gasteiger partial charge in [-0.1, -0.05) is 85.0 Å². The van der Waals surface area contributed by atoms with Crippen LogP contribution in [0.5, 0.6) is 0 Å². The Balaban J connectivity index is 1.82. The molecule has 30 heavy (non-hydrogen) atoms. The highest BCUT2D eigenvalue weighted by atomic mass is 14.3. The summed E-state index contributed by atoms with van der Waals surface area (Å²) in [6.07, 6.45) is 19.1. The summed E-state index contributed by atoms with van der Waals surface area (Å²) in [5, 5.41) is 19.3. The molecular formula is C28H22N2. The Labute approximate surface area is 178 Å². The minimum Gasteiger partial charge on any atom is -0.192 e. The van der Waals surface area contributed by atoms with Crippen molar-refractivity contribution in [3.8, 4) is 12.1 Å². The fraction of sp³-hybridized carbons (Fsp3) is 0.143. The molecule has 2 aliphatic rings. The first-order valence-electron chi connectivity index (χ1n) is 10.3. The van der Waals surface area contributed by atoms with Gasteiger partial charge in [0.15, 0.2) is 0 Å². The van der Waals surface area contributed by atoms with E-state index in [9.17, 15) is 10.5 Å². The molecule has 0 bridgehead atoms. The standard InChI is InChI=1S/C28H22N2/c29-19-25(20-30)28(27-14-8-12-23-11-6-7-13-26(23)27)24-17-15-22(16-18-24)21-9-4-2-1-3-5-10-21/h2,4-5,7-10,12-18H,1,3,6,11H2/b4-2-,10-5-,21-9+. The van der Waals surface area contributed by atoms with Crippen molar-refractivity contribution in [3.63, 3.8) is 0 Å². The fourth-order valence-corrected chi connectivity index (χ4v) is 4.01. The third-order valence-corrected chi connectivity index (χ3v) is 5.52. The van der Waals surface area contributed by atoms with Crippen molar-refractivity contribution in [2.24, 2.45) is 0 Å². The second kappa shape index (κ2) is 9.08. The first-order chi connectivity index (χ1) is 14.8. The van der Waals surface area contributed by atoms with E-state index in [4.69, 9.17) is 0 Å². The van der Waals surface area contributed by atoms with Crippen LogP contribution < -0.4 is 0 Å². The molecule has 144 valence electrons. The molecule has 2 aromatic carbocycles. The summed E-state index contributed by atoms with van der Waals surface area (Å²) in [6.45, 7) is 0. The summed E-state index contributed by atoms with van der Waals surface area (Å²) in [4.78, 5) is 0. The van der Waals surface area contributed by atoms with Gasteiger partial charge in [0, 0.05) is 5.57 Å². The van der Waals surface area contributed by atoms with Gasteiger partial charge in [-0.05, 0) is 59.1 Å². The van der Waals surface area contributed by atoms with Crippen LogP contribution in [0.3, 0.4) is 0 Å². The van der Waals surface area contributed by atoms with Crippen molar-refractivity contribution in [2.75, 3.05) is 0 Å². The van der Waals surface area contributed by atoms with Crippen molar-refractivity contribution in [3.05, 3.63) is 112 Å². The second-order valence-electron chi connectivity index (χ2n) is 7.40. The van der Waals surface area contributed by atoms with Crippen molar-refractivity contribution >= 4 is 17.2 Å². The van der Waals surface area contributed by atoms with Crippen molar-refractivity contribution in [1.82, 2.24) is 0 Å². The minimum absolute atomic E-state index is 0.142. The maximum atomic E-state index is 9.67. The normalized spacial score (nSPS) is 18.4. The van der Waals surface area contributed by atoms with E-state index in [0.717, 1.165) is 53.5 Å². The first-order valence-corrected chi connectivity index (χ1v) is 10.3. The van der Waals surface area contributed by atoms with Crippen molar-refractivity contribution < 1.29 is 0 Å². The molecule has 2 aliphatic carbocycles. The van der Waals surface area contributed by atoms with Crippen LogP contribution in [0.4, 0.5) is 0 Å². The Morgan fingerprint density at radius 1 is 0.800 bits per heavy atom. The van der Waals surface area contributed by atoms with E-state index in [0.29, 0.717) is 5.57 Å². The zero-order valence-electron chi connectivity index (χ0n) is 16.8. The van der Waals surface area contributed by atoms with E-state index in [1.807, 2.05) is 24.3 Å². The van der Waals surface area contributed by atoms with E-state index in [1.54, 1.807) is 0 Å². The van der Waals surface area contributed by atoms with Crippen LogP contribution >= 0.6 is 0 Å². The number of hydrogen-bond donors (Lipinski definition) is 0. The number of benzene rings is 2. The van der Waals surface area contributed by atoms with Gasteiger partial charge >= 0.3 is 0 Å². The van der Waals surface area contributed by atoms with Gasteiger partial charge in [-0.25, -0.2) is 0 Å². The monoisotopic (exact) mass is 386 g/mol. The number of rotatable bonds is 3. The predicted molar refractivity (Wildman–Crippen MR) is 123 cm³/mol. The fourth-order valence-electron chi connectivity index (χ4n) is 4.01. The molecule has 0 unspecified atom stereocenters. The van der Waals surface area contributed by atoms with Gasteiger partial charge < -0.3 is 0 Å². The lowest BCUT2D eigenvalue weighted by molar-refractivity contribution is 0.984. The molecule has 2 heteroatoms. The highest BCUT2D eigenvalue weighted by molar-refractivity contribution is 5.91. The number of nitrogens with zero attached hydrogens (tertiary/aromatic N) is 2. The van der Waals surface area contributed by atoms with E-state index in [2.05, 4.69) is 72.9 Å². The van der Waals surface area contributed by atoms with Gasteiger partial charge in [0.2, 0.25) is 0 Å². The lowest BCUT2D eigenvalue weighted by atomic mass is 9.85. The van der Waals surface area contributed by atoms with Crippen LogP contribution in [0.1, 0.15) is 47.1 Å². The third kappa shape index (κ3) is 3.95. The zero-order chi connectivity index (χ0) is 20.8. The van der Waals surface area contributed by atoms with Gasteiger partial charge in [0.05, 0.1) is 0 Å². The van der Waals surface area contributed by atoms with Crippen LogP contribution in [0.15, 0.2) is 84.5 Å². The zero-order valence-corrected chi connectivity index (χ0v) is 16.8. The van der Waals surface area contributed by atoms with Crippen molar-refractivity contribution in [1.29, 1.82) is 10.5 Å². The van der Waals surface area contributed by atoms with Crippen LogP contribution in [-0.4, -0.2) is 0 Å². The van der Waals surface area contributed by atoms with Gasteiger partial charge in [0.1, 0.15) is 17.7 Å². The number of allylic oxidation sites excluding steroid dienone is 8. The molecule has 0 heterocycles. The Morgan fingerprint density at radius 3 is 2.37 bits per heavy atom. The van der Waals surface area contributed by atoms with Crippen LogP contribution in [0.2, 0.25) is 0 Å². The highest BCUT2D eigenvalue weighted by Gasteiger charge is 2.18. The smallest absolute Gasteiger partial charge is 0.138 e. The van der Waals surface area contributed by atoms with Gasteiger partial charge in [-0.2, -0.15) is 10.5 Å². The summed E-state index contributed by atoms with van der Waals surface area (Å²) in [5.41, 5.74) is 7.32. The molecule has 0 saturated carbocycles. The molecule has 4 rings (SSSR count). The molecule has 0 fully saturated rings. The Bertz CT molecular complexity index is 1170. The molecule has 0 radical (unpaired) electrons. The molecule has 0 saturated heterocycles. The molecule has 0 amide bonds. The van der Waals surface area contributed by atoms with E-state index in [-0.39, 0.29) is 5.57 Å². The summed E-state index contributed by atoms with van der Waals surface area (Å²) in [5.74, 6) is 0. The molecule has 0 N–H and O–H groups in total. The molecule has 0 atom stereocenters. The van der Waals surface area contributed by atoms with Gasteiger partial charge in [-0.3, -0.25) is 0 Å². The van der Waals surface area contributed by atoms with Crippen molar-refractivity contribution in [2.45, 2.75) is 25.7 Å². The quantitative estimate of drug-likeness (QED) is 0.546. The maximum absolute atomic E-state index is 9.67. The lowest BCUT2D eigenvalue weighted by Gasteiger charge is -2.18. The van der Waals surface area contributed by atoms with Crippen LogP contribution in [0.25, 0.3) is 17.2 Å². The largest absolute Gasteiger partial charge is 0.192 e. The first kappa shape index (κ1) is 19.4. The average molecular weight is 386 g/mol. The van der Waals surface area contributed by atoms with Gasteiger partial charge in [-0.15, -0.1) is 0 Å². The average Bonchev–Trinajstić information content (AvgIpc) is 2.77. The minimum atomic E-state index is 0.142. The van der Waals surface area contributed by atoms with Crippen LogP contribution in [-0.2, 0) is 6.42 Å². The number of fused-ring (bicyclic) bond motifs is 1. The number of aryl methyl sites for hydroxylation is 1. The third-order valence-electron chi connectivity index (χ3n) is 5.52. The Kier molecular flexibility index (Phi) is 5.88. The Hall–Kier alpha value is -3.88. The molecule has 0 aromatic heterocycles. The van der Waals surface area contributed by atoms with Crippen LogP contribution in [0, 0.1) is 22.7 Å². The van der Waals surface area contributed by atoms with E-state index in [1.165, 1.54) is 5.56 Å². The lowest BCUT2D eigenvalue weighted by Crippen LogP contribution is -2.01. The molecule has 0 spiro atoms. The molecule has 2 aromatic rings. The number of nitriles is 2. The Morgan fingerprint density at radius 2 is 1.57 bits per heavy atom. The topological polar surface area (TPSA) is 47.6 Å². The summed E-state index contributed by atoms with van der Waals surface area (Å²) < 4.78 is 0. The predicted octanol–water partition coefficient (Wildman–Crippen LogP) is 6.78. The van der Waals surface area contributed by atoms with E-state index >= 15 is 0 Å². The molecular weight excluding hydrogens is 364 g/mol. The second-order valence-corrected chi connectivity index (χ2v) is 7.40. The van der Waals surface area contributed by atoms with Gasteiger partial charge in [0.25, 0.3) is 0 Å². The number of hydrogen-bond acceptors (Lipinski definition) is 2. The molecule has 0 aliphatic heterocycles. The van der Waals surface area contributed by atoms with E-state index < -0.39 is 0 Å².